The minimum atomic E-state index is -0.708. The Balaban J connectivity index is 2.28. The number of amides is 1. The number of benzene rings is 1. The van der Waals surface area contributed by atoms with Gasteiger partial charge in [-0.25, -0.2) is 13.8 Å². The molecule has 0 saturated carbocycles. The molecule has 0 aliphatic rings. The van der Waals surface area contributed by atoms with Crippen molar-refractivity contribution >= 4 is 17.2 Å². The number of nitrogens with zero attached hydrogens (tertiary/aromatic N) is 1. The van der Waals surface area contributed by atoms with Crippen LogP contribution in [-0.2, 0) is 0 Å². The molecule has 1 aromatic carbocycles. The molecule has 1 aromatic heterocycles. The lowest BCUT2D eigenvalue weighted by molar-refractivity contribution is 0.0879. The zero-order valence-electron chi connectivity index (χ0n) is 13.2. The van der Waals surface area contributed by atoms with E-state index in [1.54, 1.807) is 0 Å². The summed E-state index contributed by atoms with van der Waals surface area (Å²) in [4.78, 5) is 16.4. The molecule has 0 fully saturated rings. The molecule has 23 heavy (non-hydrogen) atoms. The van der Waals surface area contributed by atoms with Gasteiger partial charge < -0.3 is 11.1 Å². The highest BCUT2D eigenvalue weighted by Crippen LogP contribution is 2.29. The Kier molecular flexibility index (Phi) is 5.11. The van der Waals surface area contributed by atoms with Gasteiger partial charge in [0.25, 0.3) is 5.91 Å². The molecule has 2 aromatic rings. The number of nitrogens with one attached hydrogen (secondary N) is 1. The third kappa shape index (κ3) is 3.56. The lowest BCUT2D eigenvalue weighted by Crippen LogP contribution is -2.55. The van der Waals surface area contributed by atoms with Gasteiger partial charge in [-0.1, -0.05) is 19.9 Å². The van der Waals surface area contributed by atoms with Gasteiger partial charge >= 0.3 is 0 Å². The number of aromatic nitrogens is 1. The lowest BCUT2D eigenvalue weighted by atomic mass is 9.88. The van der Waals surface area contributed by atoms with E-state index in [2.05, 4.69) is 10.3 Å². The number of nitrogens with two attached hydrogens (primary N) is 1. The molecule has 1 unspecified atom stereocenters. The second kappa shape index (κ2) is 6.72. The quantitative estimate of drug-likeness (QED) is 0.879. The highest BCUT2D eigenvalue weighted by Gasteiger charge is 2.30. The van der Waals surface area contributed by atoms with Crippen molar-refractivity contribution in [2.75, 3.05) is 6.54 Å². The fraction of sp³-hybridized carbons (Fsp3) is 0.375. The van der Waals surface area contributed by atoms with Crippen LogP contribution in [0.25, 0.3) is 10.6 Å². The van der Waals surface area contributed by atoms with Gasteiger partial charge in [0.05, 0.1) is 11.1 Å². The molecule has 0 aliphatic heterocycles. The summed E-state index contributed by atoms with van der Waals surface area (Å²) < 4.78 is 27.6. The predicted molar refractivity (Wildman–Crippen MR) is 87.2 cm³/mol. The topological polar surface area (TPSA) is 68.0 Å². The van der Waals surface area contributed by atoms with Crippen LogP contribution in [0.15, 0.2) is 23.6 Å². The molecule has 2 rings (SSSR count). The van der Waals surface area contributed by atoms with Crippen LogP contribution in [0.3, 0.4) is 0 Å². The SMILES string of the molecule is CC(C)C(C)(CN)NC(=O)c1csc(-c2c(F)cccc2F)n1. The molecular formula is C16H19F2N3OS. The van der Waals surface area contributed by atoms with Gasteiger partial charge in [0.1, 0.15) is 22.3 Å². The Labute approximate surface area is 137 Å². The third-order valence-electron chi connectivity index (χ3n) is 4.01. The first-order valence-electron chi connectivity index (χ1n) is 7.21. The van der Waals surface area contributed by atoms with E-state index in [1.807, 2.05) is 20.8 Å². The maximum atomic E-state index is 13.8. The second-order valence-electron chi connectivity index (χ2n) is 5.86. The van der Waals surface area contributed by atoms with Crippen molar-refractivity contribution in [3.05, 3.63) is 40.9 Å². The Morgan fingerprint density at radius 3 is 2.52 bits per heavy atom. The summed E-state index contributed by atoms with van der Waals surface area (Å²) >= 11 is 1.02. The van der Waals surface area contributed by atoms with E-state index in [9.17, 15) is 13.6 Å². The van der Waals surface area contributed by atoms with Crippen LogP contribution in [0.5, 0.6) is 0 Å². The van der Waals surface area contributed by atoms with Crippen LogP contribution < -0.4 is 11.1 Å². The summed E-state index contributed by atoms with van der Waals surface area (Å²) in [5, 5.41) is 4.45. The van der Waals surface area contributed by atoms with Gasteiger partial charge in [0, 0.05) is 11.9 Å². The summed E-state index contributed by atoms with van der Waals surface area (Å²) in [5.41, 5.74) is 5.06. The summed E-state index contributed by atoms with van der Waals surface area (Å²) in [6.07, 6.45) is 0. The van der Waals surface area contributed by atoms with Crippen molar-refractivity contribution in [2.24, 2.45) is 11.7 Å². The monoisotopic (exact) mass is 339 g/mol. The predicted octanol–water partition coefficient (Wildman–Crippen LogP) is 3.19. The Hall–Kier alpha value is -1.86. The number of carbonyl (C=O) groups is 1. The van der Waals surface area contributed by atoms with E-state index in [-0.39, 0.29) is 28.7 Å². The largest absolute Gasteiger partial charge is 0.344 e. The van der Waals surface area contributed by atoms with Gasteiger partial charge in [0.15, 0.2) is 0 Å². The number of hydrogen-bond acceptors (Lipinski definition) is 4. The van der Waals surface area contributed by atoms with E-state index >= 15 is 0 Å². The van der Waals surface area contributed by atoms with Gasteiger partial charge in [-0.15, -0.1) is 11.3 Å². The average Bonchev–Trinajstić information content (AvgIpc) is 2.96. The molecule has 1 amide bonds. The Morgan fingerprint density at radius 2 is 2.00 bits per heavy atom. The smallest absolute Gasteiger partial charge is 0.271 e. The van der Waals surface area contributed by atoms with E-state index in [0.717, 1.165) is 23.5 Å². The van der Waals surface area contributed by atoms with Crippen molar-refractivity contribution in [2.45, 2.75) is 26.3 Å². The van der Waals surface area contributed by atoms with E-state index in [0.29, 0.717) is 0 Å². The third-order valence-corrected chi connectivity index (χ3v) is 4.87. The molecule has 3 N–H and O–H groups in total. The van der Waals surface area contributed by atoms with Gasteiger partial charge in [0.2, 0.25) is 0 Å². The van der Waals surface area contributed by atoms with E-state index in [4.69, 9.17) is 5.73 Å². The Bertz CT molecular complexity index is 697. The highest BCUT2D eigenvalue weighted by atomic mass is 32.1. The molecule has 0 spiro atoms. The van der Waals surface area contributed by atoms with Crippen molar-refractivity contribution < 1.29 is 13.6 Å². The number of carbonyl (C=O) groups excluding carboxylic acids is 1. The zero-order chi connectivity index (χ0) is 17.2. The molecule has 1 atom stereocenters. The van der Waals surface area contributed by atoms with Crippen LogP contribution in [0.2, 0.25) is 0 Å². The van der Waals surface area contributed by atoms with Crippen molar-refractivity contribution in [1.29, 1.82) is 0 Å². The molecule has 7 heteroatoms. The first-order chi connectivity index (χ1) is 10.8. The molecule has 0 radical (unpaired) electrons. The lowest BCUT2D eigenvalue weighted by Gasteiger charge is -2.33. The van der Waals surface area contributed by atoms with E-state index < -0.39 is 23.1 Å². The molecule has 124 valence electrons. The standard InChI is InChI=1S/C16H19F2N3OS/c1-9(2)16(3,8-19)21-14(22)12-7-23-15(20-12)13-10(17)5-4-6-11(13)18/h4-7,9H,8,19H2,1-3H3,(H,21,22). The Morgan fingerprint density at radius 1 is 1.39 bits per heavy atom. The van der Waals surface area contributed by atoms with Crippen molar-refractivity contribution in [1.82, 2.24) is 10.3 Å². The van der Waals surface area contributed by atoms with Crippen molar-refractivity contribution in [3.8, 4) is 10.6 Å². The van der Waals surface area contributed by atoms with E-state index in [1.165, 1.54) is 11.4 Å². The molecular weight excluding hydrogens is 320 g/mol. The minimum absolute atomic E-state index is 0.118. The number of thiazole rings is 1. The van der Waals surface area contributed by atoms with Gasteiger partial charge in [-0.3, -0.25) is 4.79 Å². The summed E-state index contributed by atoms with van der Waals surface area (Å²) in [5.74, 6) is -1.70. The molecule has 0 bridgehead atoms. The number of hydrogen-bond donors (Lipinski definition) is 2. The van der Waals surface area contributed by atoms with Gasteiger partial charge in [-0.2, -0.15) is 0 Å². The van der Waals surface area contributed by atoms with Crippen LogP contribution in [0, 0.1) is 17.6 Å². The van der Waals surface area contributed by atoms with Crippen LogP contribution in [-0.4, -0.2) is 23.0 Å². The molecule has 4 nitrogen and oxygen atoms in total. The molecule has 0 saturated heterocycles. The van der Waals surface area contributed by atoms with Gasteiger partial charge in [-0.05, 0) is 25.0 Å². The fourth-order valence-electron chi connectivity index (χ4n) is 1.95. The highest BCUT2D eigenvalue weighted by molar-refractivity contribution is 7.13. The fourth-order valence-corrected chi connectivity index (χ4v) is 2.80. The second-order valence-corrected chi connectivity index (χ2v) is 6.72. The normalized spacial score (nSPS) is 13.9. The maximum Gasteiger partial charge on any atom is 0.271 e. The first kappa shape index (κ1) is 17.5. The average molecular weight is 339 g/mol. The summed E-state index contributed by atoms with van der Waals surface area (Å²) in [6, 6.07) is 3.60. The van der Waals surface area contributed by atoms with Crippen molar-refractivity contribution in [3.63, 3.8) is 0 Å². The minimum Gasteiger partial charge on any atom is -0.344 e. The van der Waals surface area contributed by atoms with Crippen LogP contribution in [0.4, 0.5) is 8.78 Å². The number of rotatable bonds is 5. The molecule has 0 aliphatic carbocycles. The first-order valence-corrected chi connectivity index (χ1v) is 8.09. The molecule has 1 heterocycles. The number of halogens is 2. The summed E-state index contributed by atoms with van der Waals surface area (Å²) in [6.45, 7) is 6.03. The summed E-state index contributed by atoms with van der Waals surface area (Å²) in [7, 11) is 0. The van der Waals surface area contributed by atoms with Crippen LogP contribution >= 0.6 is 11.3 Å². The zero-order valence-corrected chi connectivity index (χ0v) is 14.0. The maximum absolute atomic E-state index is 13.8. The van der Waals surface area contributed by atoms with Crippen LogP contribution in [0.1, 0.15) is 31.3 Å².